The molecule has 44 heavy (non-hydrogen) atoms. The van der Waals surface area contributed by atoms with Gasteiger partial charge in [0.15, 0.2) is 0 Å². The zero-order chi connectivity index (χ0) is 32.2. The van der Waals surface area contributed by atoms with Gasteiger partial charge in [-0.05, 0) is 151 Å². The molecule has 244 valence electrons. The zero-order valence-corrected chi connectivity index (χ0v) is 28.6. The predicted molar refractivity (Wildman–Crippen MR) is 179 cm³/mol. The number of carbonyl (C=O) groups is 2. The molecule has 0 aromatic carbocycles. The Labute approximate surface area is 267 Å². The Balaban J connectivity index is 1.39. The third-order valence-electron chi connectivity index (χ3n) is 14.7. The summed E-state index contributed by atoms with van der Waals surface area (Å²) in [5, 5.41) is 20.6. The van der Waals surface area contributed by atoms with Gasteiger partial charge in [-0.15, -0.1) is 0 Å². The molecule has 0 unspecified atom stereocenters. The van der Waals surface area contributed by atoms with Gasteiger partial charge < -0.3 is 10.2 Å². The van der Waals surface area contributed by atoms with E-state index in [1.165, 1.54) is 22.3 Å². The highest BCUT2D eigenvalue weighted by atomic mass is 16.4. The largest absolute Gasteiger partial charge is 0.481 e. The molecule has 4 saturated carbocycles. The quantitative estimate of drug-likeness (QED) is 0.284. The van der Waals surface area contributed by atoms with E-state index in [4.69, 9.17) is 0 Å². The van der Waals surface area contributed by atoms with E-state index < -0.39 is 22.8 Å². The Morgan fingerprint density at radius 3 is 2.16 bits per heavy atom. The summed E-state index contributed by atoms with van der Waals surface area (Å²) in [6.07, 6.45) is 18.8. The molecule has 0 bridgehead atoms. The van der Waals surface area contributed by atoms with Gasteiger partial charge in [-0.2, -0.15) is 0 Å². The minimum Gasteiger partial charge on any atom is -0.481 e. The van der Waals surface area contributed by atoms with Gasteiger partial charge in [-0.1, -0.05) is 74.3 Å². The number of carboxylic acids is 2. The second-order valence-electron chi connectivity index (χ2n) is 17.0. The molecule has 0 amide bonds. The molecule has 2 N–H and O–H groups in total. The van der Waals surface area contributed by atoms with E-state index in [0.29, 0.717) is 23.7 Å². The lowest BCUT2D eigenvalue weighted by atomic mass is 9.46. The second-order valence-corrected chi connectivity index (χ2v) is 17.0. The summed E-state index contributed by atoms with van der Waals surface area (Å²) < 4.78 is 0. The Bertz CT molecular complexity index is 1260. The van der Waals surface area contributed by atoms with Gasteiger partial charge in [0, 0.05) is 0 Å². The number of carboxylic acid groups (broad SMARTS) is 2. The minimum atomic E-state index is -0.673. The van der Waals surface area contributed by atoms with Crippen LogP contribution in [0.4, 0.5) is 0 Å². The van der Waals surface area contributed by atoms with Gasteiger partial charge in [0.25, 0.3) is 0 Å². The number of hydrogen-bond acceptors (Lipinski definition) is 2. The SMILES string of the molecule is C=C1C[C@H](C[C@@H]2C(C)=CCC[C@@H]2/C(C)=C/C[C@@H]2C(=C)CC[C@H]3[C@@]2(C)CCC[C@]3(C)C(=O)O)[C@@]2(C)CCC[C@@](C)(C(=O)O)[C@@H]2C1. The van der Waals surface area contributed by atoms with Crippen molar-refractivity contribution in [1.82, 2.24) is 0 Å². The molecule has 4 fully saturated rings. The van der Waals surface area contributed by atoms with Crippen LogP contribution in [0.25, 0.3) is 0 Å². The predicted octanol–water partition coefficient (Wildman–Crippen LogP) is 10.4. The molecular weight excluding hydrogens is 544 g/mol. The second kappa shape index (κ2) is 11.9. The van der Waals surface area contributed by atoms with E-state index in [1.807, 2.05) is 13.8 Å². The van der Waals surface area contributed by atoms with Crippen molar-refractivity contribution in [2.24, 2.45) is 57.2 Å². The van der Waals surface area contributed by atoms with Gasteiger partial charge in [-0.25, -0.2) is 0 Å². The summed E-state index contributed by atoms with van der Waals surface area (Å²) in [4.78, 5) is 25.1. The molecule has 0 saturated heterocycles. The summed E-state index contributed by atoms with van der Waals surface area (Å²) >= 11 is 0. The first-order chi connectivity index (χ1) is 20.6. The molecule has 4 heteroatoms. The van der Waals surface area contributed by atoms with Gasteiger partial charge >= 0.3 is 11.9 Å². The van der Waals surface area contributed by atoms with Crippen molar-refractivity contribution < 1.29 is 19.8 Å². The highest BCUT2D eigenvalue weighted by Gasteiger charge is 2.59. The molecule has 5 aliphatic rings. The van der Waals surface area contributed by atoms with Crippen molar-refractivity contribution in [2.75, 3.05) is 0 Å². The van der Waals surface area contributed by atoms with Gasteiger partial charge in [-0.3, -0.25) is 9.59 Å². The van der Waals surface area contributed by atoms with E-state index in [0.717, 1.165) is 89.9 Å². The molecule has 0 heterocycles. The first kappa shape index (κ1) is 33.3. The van der Waals surface area contributed by atoms with Crippen LogP contribution < -0.4 is 0 Å². The van der Waals surface area contributed by atoms with Crippen LogP contribution in [0.1, 0.15) is 131 Å². The van der Waals surface area contributed by atoms with E-state index in [2.05, 4.69) is 53.0 Å². The molecule has 0 aliphatic heterocycles. The topological polar surface area (TPSA) is 74.6 Å². The molecular formula is C40H60O4. The van der Waals surface area contributed by atoms with Crippen LogP contribution in [0.15, 0.2) is 47.6 Å². The maximum Gasteiger partial charge on any atom is 0.309 e. The van der Waals surface area contributed by atoms with Gasteiger partial charge in [0.05, 0.1) is 10.8 Å². The van der Waals surface area contributed by atoms with E-state index in [-0.39, 0.29) is 22.7 Å². The van der Waals surface area contributed by atoms with Crippen molar-refractivity contribution in [3.05, 3.63) is 47.6 Å². The van der Waals surface area contributed by atoms with Crippen molar-refractivity contribution >= 4 is 11.9 Å². The number of allylic oxidation sites excluding steroid dienone is 6. The molecule has 0 radical (unpaired) electrons. The van der Waals surface area contributed by atoms with Crippen molar-refractivity contribution in [3.63, 3.8) is 0 Å². The molecule has 5 rings (SSSR count). The van der Waals surface area contributed by atoms with Gasteiger partial charge in [0.1, 0.15) is 0 Å². The lowest BCUT2D eigenvalue weighted by molar-refractivity contribution is -0.165. The fourth-order valence-electron chi connectivity index (χ4n) is 11.9. The van der Waals surface area contributed by atoms with Crippen LogP contribution in [0.2, 0.25) is 0 Å². The highest BCUT2D eigenvalue weighted by molar-refractivity contribution is 5.75. The van der Waals surface area contributed by atoms with Crippen LogP contribution in [-0.2, 0) is 9.59 Å². The Hall–Kier alpha value is -2.10. The molecule has 4 nitrogen and oxygen atoms in total. The number of hydrogen-bond donors (Lipinski definition) is 2. The summed E-state index contributed by atoms with van der Waals surface area (Å²) in [6, 6.07) is 0. The van der Waals surface area contributed by atoms with Crippen LogP contribution in [-0.4, -0.2) is 22.2 Å². The Morgan fingerprint density at radius 1 is 0.909 bits per heavy atom. The summed E-state index contributed by atoms with van der Waals surface area (Å²) in [5.74, 6) is 0.814. The molecule has 0 aromatic rings. The number of rotatable bonds is 7. The summed E-state index contributed by atoms with van der Waals surface area (Å²) in [5.41, 5.74) is 4.22. The molecule has 5 aliphatic carbocycles. The Morgan fingerprint density at radius 2 is 1.52 bits per heavy atom. The van der Waals surface area contributed by atoms with Crippen LogP contribution in [0.5, 0.6) is 0 Å². The molecule has 0 aromatic heterocycles. The van der Waals surface area contributed by atoms with E-state index in [1.54, 1.807) is 0 Å². The first-order valence-electron chi connectivity index (χ1n) is 17.7. The standard InChI is InChI=1S/C40H60O4/c1-25-22-29(37(5)18-10-21-40(8,36(43)44)34(37)23-25)24-31-26(2)12-9-13-30(31)27(3)14-16-32-28(4)15-17-33-38(32,6)19-11-20-39(33,7)35(41)42/h12,14,29-34H,1,4,9-11,13,15-24H2,2-3,5-8H3,(H,41,42)(H,43,44)/b27-14+/t29-,30-,31-,32-,33+,34-,37-,38+,39+,40-/m1/s1. The van der Waals surface area contributed by atoms with Crippen molar-refractivity contribution in [3.8, 4) is 0 Å². The van der Waals surface area contributed by atoms with Crippen molar-refractivity contribution in [1.29, 1.82) is 0 Å². The number of fused-ring (bicyclic) bond motifs is 2. The third-order valence-corrected chi connectivity index (χ3v) is 14.7. The fraction of sp³-hybridized carbons (Fsp3) is 0.750. The molecule has 0 spiro atoms. The van der Waals surface area contributed by atoms with Crippen LogP contribution >= 0.6 is 0 Å². The fourth-order valence-corrected chi connectivity index (χ4v) is 11.9. The average molecular weight is 605 g/mol. The summed E-state index contributed by atoms with van der Waals surface area (Å²) in [7, 11) is 0. The summed E-state index contributed by atoms with van der Waals surface area (Å²) in [6.45, 7) is 22.5. The smallest absolute Gasteiger partial charge is 0.309 e. The van der Waals surface area contributed by atoms with Crippen LogP contribution in [0.3, 0.4) is 0 Å². The monoisotopic (exact) mass is 604 g/mol. The normalized spacial score (nSPS) is 44.8. The van der Waals surface area contributed by atoms with E-state index >= 15 is 0 Å². The highest BCUT2D eigenvalue weighted by Crippen LogP contribution is 2.64. The molecule has 10 atom stereocenters. The lowest BCUT2D eigenvalue weighted by Crippen LogP contribution is -2.53. The van der Waals surface area contributed by atoms with E-state index in [9.17, 15) is 19.8 Å². The third kappa shape index (κ3) is 5.38. The maximum atomic E-state index is 12.6. The number of aliphatic carboxylic acids is 2. The maximum absolute atomic E-state index is 12.6. The first-order valence-corrected chi connectivity index (χ1v) is 17.7. The zero-order valence-electron chi connectivity index (χ0n) is 28.6. The lowest BCUT2D eigenvalue weighted by Gasteiger charge is -2.58. The average Bonchev–Trinajstić information content (AvgIpc) is 2.94. The van der Waals surface area contributed by atoms with Gasteiger partial charge in [0.2, 0.25) is 0 Å². The van der Waals surface area contributed by atoms with Crippen LogP contribution in [0, 0.1) is 57.2 Å². The van der Waals surface area contributed by atoms with Crippen molar-refractivity contribution in [2.45, 2.75) is 131 Å². The minimum absolute atomic E-state index is 0.0215. The Kier molecular flexibility index (Phi) is 9.01.